The van der Waals surface area contributed by atoms with Crippen LogP contribution in [0.4, 0.5) is 0 Å². The summed E-state index contributed by atoms with van der Waals surface area (Å²) in [6, 6.07) is 10.7. The Morgan fingerprint density at radius 2 is 1.64 bits per heavy atom. The van der Waals surface area contributed by atoms with Crippen LogP contribution in [0.2, 0.25) is 0 Å². The fourth-order valence-electron chi connectivity index (χ4n) is 4.30. The van der Waals surface area contributed by atoms with E-state index >= 15 is 0 Å². The van der Waals surface area contributed by atoms with Crippen LogP contribution in [0.5, 0.6) is 0 Å². The molecule has 2 heterocycles. The van der Waals surface area contributed by atoms with Gasteiger partial charge in [-0.05, 0) is 42.7 Å². The van der Waals surface area contributed by atoms with Crippen LogP contribution in [0.25, 0.3) is 16.9 Å². The number of benzene rings is 1. The Bertz CT molecular complexity index is 962. The SMILES string of the molecule is CC1CCC(c2nc(-n3nc(C(C)C)cc3C(C)C)nc3ccccc23)CC1. The first-order chi connectivity index (χ1) is 13.4. The number of rotatable bonds is 4. The van der Waals surface area contributed by atoms with Crippen molar-refractivity contribution in [2.24, 2.45) is 5.92 Å². The molecule has 1 saturated carbocycles. The van der Waals surface area contributed by atoms with E-state index in [1.54, 1.807) is 0 Å². The predicted octanol–water partition coefficient (Wildman–Crippen LogP) is 6.36. The molecule has 0 aliphatic heterocycles. The predicted molar refractivity (Wildman–Crippen MR) is 115 cm³/mol. The summed E-state index contributed by atoms with van der Waals surface area (Å²) in [5, 5.41) is 6.10. The number of para-hydroxylation sites is 1. The zero-order chi connectivity index (χ0) is 19.8. The smallest absolute Gasteiger partial charge is 0.215 e. The van der Waals surface area contributed by atoms with Crippen LogP contribution in [-0.2, 0) is 0 Å². The molecule has 0 unspecified atom stereocenters. The second kappa shape index (κ2) is 7.65. The van der Waals surface area contributed by atoms with Crippen LogP contribution < -0.4 is 0 Å². The summed E-state index contributed by atoms with van der Waals surface area (Å²) in [5.41, 5.74) is 4.52. The number of fused-ring (bicyclic) bond motifs is 1. The molecule has 0 N–H and O–H groups in total. The van der Waals surface area contributed by atoms with Gasteiger partial charge in [-0.25, -0.2) is 14.6 Å². The molecule has 0 bridgehead atoms. The Labute approximate surface area is 168 Å². The molecule has 1 aromatic carbocycles. The minimum Gasteiger partial charge on any atom is -0.215 e. The Morgan fingerprint density at radius 1 is 0.929 bits per heavy atom. The average Bonchev–Trinajstić information content (AvgIpc) is 3.14. The van der Waals surface area contributed by atoms with E-state index in [2.05, 4.69) is 65.0 Å². The third kappa shape index (κ3) is 3.57. The highest BCUT2D eigenvalue weighted by atomic mass is 15.4. The molecule has 4 nitrogen and oxygen atoms in total. The molecule has 1 fully saturated rings. The molecule has 0 saturated heterocycles. The lowest BCUT2D eigenvalue weighted by molar-refractivity contribution is 0.345. The van der Waals surface area contributed by atoms with Crippen LogP contribution in [-0.4, -0.2) is 19.7 Å². The Kier molecular flexibility index (Phi) is 5.22. The van der Waals surface area contributed by atoms with Gasteiger partial charge in [0.15, 0.2) is 0 Å². The minimum absolute atomic E-state index is 0.369. The summed E-state index contributed by atoms with van der Waals surface area (Å²) in [4.78, 5) is 10.0. The van der Waals surface area contributed by atoms with E-state index in [9.17, 15) is 0 Å². The van der Waals surface area contributed by atoms with Gasteiger partial charge in [0.2, 0.25) is 0 Å². The van der Waals surface area contributed by atoms with Gasteiger partial charge in [0.05, 0.1) is 22.6 Å². The van der Waals surface area contributed by atoms with E-state index in [1.165, 1.54) is 42.5 Å². The zero-order valence-electron chi connectivity index (χ0n) is 17.8. The maximum absolute atomic E-state index is 5.12. The van der Waals surface area contributed by atoms with E-state index in [0.717, 1.165) is 23.1 Å². The quantitative estimate of drug-likeness (QED) is 0.532. The van der Waals surface area contributed by atoms with Gasteiger partial charge in [0.25, 0.3) is 5.95 Å². The monoisotopic (exact) mass is 376 g/mol. The molecule has 1 aliphatic rings. The first kappa shape index (κ1) is 19.1. The van der Waals surface area contributed by atoms with E-state index in [0.29, 0.717) is 17.8 Å². The van der Waals surface area contributed by atoms with Gasteiger partial charge < -0.3 is 0 Å². The van der Waals surface area contributed by atoms with E-state index in [4.69, 9.17) is 15.1 Å². The second-order valence-electron chi connectivity index (χ2n) is 9.10. The molecule has 3 aromatic rings. The van der Waals surface area contributed by atoms with Gasteiger partial charge in [0, 0.05) is 11.3 Å². The van der Waals surface area contributed by atoms with Crippen molar-refractivity contribution in [1.29, 1.82) is 0 Å². The molecule has 28 heavy (non-hydrogen) atoms. The highest BCUT2D eigenvalue weighted by Gasteiger charge is 2.25. The lowest BCUT2D eigenvalue weighted by Gasteiger charge is -2.26. The molecular formula is C24H32N4. The van der Waals surface area contributed by atoms with Crippen LogP contribution in [0, 0.1) is 5.92 Å². The van der Waals surface area contributed by atoms with Gasteiger partial charge in [-0.2, -0.15) is 5.10 Å². The van der Waals surface area contributed by atoms with Crippen molar-refractivity contribution in [2.75, 3.05) is 0 Å². The molecule has 0 spiro atoms. The van der Waals surface area contributed by atoms with E-state index in [1.807, 2.05) is 4.68 Å². The average molecular weight is 377 g/mol. The molecule has 0 atom stereocenters. The number of hydrogen-bond donors (Lipinski definition) is 0. The summed E-state index contributed by atoms with van der Waals surface area (Å²) in [6.07, 6.45) is 5.01. The summed E-state index contributed by atoms with van der Waals surface area (Å²) in [7, 11) is 0. The van der Waals surface area contributed by atoms with E-state index < -0.39 is 0 Å². The standard InChI is InChI=1S/C24H32N4/c1-15(2)21-14-22(16(3)4)28(27-21)24-25-20-9-7-6-8-19(20)23(26-24)18-12-10-17(5)11-13-18/h6-9,14-18H,10-13H2,1-5H3. The van der Waals surface area contributed by atoms with Gasteiger partial charge in [0.1, 0.15) is 0 Å². The molecule has 2 aromatic heterocycles. The van der Waals surface area contributed by atoms with Gasteiger partial charge in [-0.1, -0.05) is 65.7 Å². The summed E-state index contributed by atoms with van der Waals surface area (Å²) < 4.78 is 1.99. The molecule has 4 heteroatoms. The highest BCUT2D eigenvalue weighted by Crippen LogP contribution is 2.37. The largest absolute Gasteiger partial charge is 0.251 e. The minimum atomic E-state index is 0.369. The van der Waals surface area contributed by atoms with Crippen molar-refractivity contribution in [3.63, 3.8) is 0 Å². The molecule has 4 rings (SSSR count). The first-order valence-electron chi connectivity index (χ1n) is 10.8. The molecule has 0 amide bonds. The first-order valence-corrected chi connectivity index (χ1v) is 10.8. The Balaban J connectivity index is 1.87. The third-order valence-electron chi connectivity index (χ3n) is 6.15. The zero-order valence-corrected chi connectivity index (χ0v) is 17.8. The maximum atomic E-state index is 5.12. The van der Waals surface area contributed by atoms with Crippen molar-refractivity contribution in [3.8, 4) is 5.95 Å². The second-order valence-corrected chi connectivity index (χ2v) is 9.10. The van der Waals surface area contributed by atoms with Crippen LogP contribution in [0.15, 0.2) is 30.3 Å². The normalized spacial score (nSPS) is 20.4. The molecule has 148 valence electrons. The fourth-order valence-corrected chi connectivity index (χ4v) is 4.30. The number of hydrogen-bond acceptors (Lipinski definition) is 3. The van der Waals surface area contributed by atoms with Crippen molar-refractivity contribution < 1.29 is 0 Å². The van der Waals surface area contributed by atoms with Gasteiger partial charge in [-0.3, -0.25) is 0 Å². The van der Waals surface area contributed by atoms with Gasteiger partial charge >= 0.3 is 0 Å². The summed E-state index contributed by atoms with van der Waals surface area (Å²) >= 11 is 0. The Morgan fingerprint density at radius 3 is 2.32 bits per heavy atom. The van der Waals surface area contributed by atoms with E-state index in [-0.39, 0.29) is 0 Å². The highest BCUT2D eigenvalue weighted by molar-refractivity contribution is 5.82. The summed E-state index contributed by atoms with van der Waals surface area (Å²) in [5.74, 6) is 2.83. The topological polar surface area (TPSA) is 43.6 Å². The van der Waals surface area contributed by atoms with Crippen LogP contribution >= 0.6 is 0 Å². The fraction of sp³-hybridized carbons (Fsp3) is 0.542. The van der Waals surface area contributed by atoms with Crippen LogP contribution in [0.3, 0.4) is 0 Å². The van der Waals surface area contributed by atoms with Crippen LogP contribution in [0.1, 0.15) is 95.1 Å². The lowest BCUT2D eigenvalue weighted by Crippen LogP contribution is -2.15. The Hall–Kier alpha value is -2.23. The maximum Gasteiger partial charge on any atom is 0.251 e. The lowest BCUT2D eigenvalue weighted by atomic mass is 9.80. The van der Waals surface area contributed by atoms with Crippen molar-refractivity contribution in [3.05, 3.63) is 47.4 Å². The number of nitrogens with zero attached hydrogens (tertiary/aromatic N) is 4. The molecule has 1 aliphatic carbocycles. The third-order valence-corrected chi connectivity index (χ3v) is 6.15. The molecular weight excluding hydrogens is 344 g/mol. The molecule has 0 radical (unpaired) electrons. The number of aromatic nitrogens is 4. The van der Waals surface area contributed by atoms with Crippen molar-refractivity contribution in [1.82, 2.24) is 19.7 Å². The van der Waals surface area contributed by atoms with Crippen molar-refractivity contribution in [2.45, 2.75) is 78.1 Å². The van der Waals surface area contributed by atoms with Gasteiger partial charge in [-0.15, -0.1) is 0 Å². The van der Waals surface area contributed by atoms with Crippen molar-refractivity contribution >= 4 is 10.9 Å². The summed E-state index contributed by atoms with van der Waals surface area (Å²) in [6.45, 7) is 11.2.